The summed E-state index contributed by atoms with van der Waals surface area (Å²) in [6.45, 7) is 8.09. The van der Waals surface area contributed by atoms with Gasteiger partial charge in [-0.2, -0.15) is 0 Å². The molecular formula is C24H38N12. The lowest BCUT2D eigenvalue weighted by molar-refractivity contribution is 0.360. The summed E-state index contributed by atoms with van der Waals surface area (Å²) in [6.07, 6.45) is 7.27. The van der Waals surface area contributed by atoms with E-state index < -0.39 is 0 Å². The Morgan fingerprint density at radius 1 is 1.03 bits per heavy atom. The van der Waals surface area contributed by atoms with Crippen LogP contribution in [0.2, 0.25) is 0 Å². The second-order valence-electron chi connectivity index (χ2n) is 9.32. The number of aromatic amines is 2. The molecule has 4 heterocycles. The summed E-state index contributed by atoms with van der Waals surface area (Å²) < 4.78 is 0. The average Bonchev–Trinajstić information content (AvgIpc) is 3.43. The Labute approximate surface area is 212 Å². The van der Waals surface area contributed by atoms with E-state index in [1.807, 2.05) is 44.5 Å². The van der Waals surface area contributed by atoms with Gasteiger partial charge in [-0.15, -0.1) is 0 Å². The van der Waals surface area contributed by atoms with Gasteiger partial charge >= 0.3 is 0 Å². The summed E-state index contributed by atoms with van der Waals surface area (Å²) in [4.78, 5) is 29.2. The molecule has 194 valence electrons. The molecule has 2 aromatic rings. The summed E-state index contributed by atoms with van der Waals surface area (Å²) in [6, 6.07) is 2.10. The summed E-state index contributed by atoms with van der Waals surface area (Å²) >= 11 is 0. The van der Waals surface area contributed by atoms with Crippen molar-refractivity contribution in [1.29, 1.82) is 0 Å². The number of rotatable bonds is 8. The van der Waals surface area contributed by atoms with Crippen LogP contribution in [0.4, 0.5) is 0 Å². The molecule has 4 rings (SSSR count). The van der Waals surface area contributed by atoms with Gasteiger partial charge in [0.1, 0.15) is 12.3 Å². The van der Waals surface area contributed by atoms with Gasteiger partial charge < -0.3 is 30.8 Å². The molecule has 0 bridgehead atoms. The van der Waals surface area contributed by atoms with E-state index in [1.165, 1.54) is 22.4 Å². The molecule has 0 spiro atoms. The number of nitrogens with zero attached hydrogens (tertiary/aromatic N) is 6. The number of guanidine groups is 4. The molecule has 0 amide bonds. The lowest BCUT2D eigenvalue weighted by atomic mass is 10.1. The molecule has 0 fully saturated rings. The predicted octanol–water partition coefficient (Wildman–Crippen LogP) is 0.459. The Kier molecular flexibility index (Phi) is 7.81. The highest BCUT2D eigenvalue weighted by Crippen LogP contribution is 2.11. The van der Waals surface area contributed by atoms with Crippen molar-refractivity contribution in [2.75, 3.05) is 33.7 Å². The maximum absolute atomic E-state index is 6.04. The first-order valence-electron chi connectivity index (χ1n) is 12.3. The van der Waals surface area contributed by atoms with Gasteiger partial charge in [0.25, 0.3) is 0 Å². The molecule has 36 heavy (non-hydrogen) atoms. The van der Waals surface area contributed by atoms with Crippen LogP contribution in [0.5, 0.6) is 0 Å². The van der Waals surface area contributed by atoms with Crippen molar-refractivity contribution < 1.29 is 0 Å². The van der Waals surface area contributed by atoms with Gasteiger partial charge in [-0.05, 0) is 56.4 Å². The van der Waals surface area contributed by atoms with Crippen LogP contribution in [-0.2, 0) is 12.8 Å². The van der Waals surface area contributed by atoms with E-state index >= 15 is 0 Å². The van der Waals surface area contributed by atoms with E-state index in [4.69, 9.17) is 20.7 Å². The molecule has 0 aliphatic carbocycles. The Balaban J connectivity index is 1.50. The largest absolute Gasteiger partial charge is 0.370 e. The number of nitrogens with one attached hydrogen (secondary N) is 5. The zero-order valence-corrected chi connectivity index (χ0v) is 21.8. The van der Waals surface area contributed by atoms with Crippen molar-refractivity contribution in [1.82, 2.24) is 35.7 Å². The number of nitrogens with two attached hydrogens (primary N) is 1. The van der Waals surface area contributed by atoms with Gasteiger partial charge in [-0.1, -0.05) is 0 Å². The minimum Gasteiger partial charge on any atom is -0.370 e. The van der Waals surface area contributed by atoms with Gasteiger partial charge in [0.05, 0.1) is 6.54 Å². The molecule has 0 saturated heterocycles. The second kappa shape index (κ2) is 11.2. The SMILES string of the molecule is Cc1c[nH]cc1CCN(CC1N=C(N(C)C)NC(=NCCc2cc[nH]c2C)N1)C1=NC(C)N=C(N)N1. The molecule has 2 aromatic heterocycles. The summed E-state index contributed by atoms with van der Waals surface area (Å²) in [5.74, 6) is 2.53. The van der Waals surface area contributed by atoms with Crippen molar-refractivity contribution in [2.24, 2.45) is 25.7 Å². The summed E-state index contributed by atoms with van der Waals surface area (Å²) in [5, 5.41) is 9.90. The summed E-state index contributed by atoms with van der Waals surface area (Å²) in [7, 11) is 3.93. The first-order chi connectivity index (χ1) is 17.3. The van der Waals surface area contributed by atoms with Crippen molar-refractivity contribution in [3.05, 3.63) is 47.0 Å². The van der Waals surface area contributed by atoms with Crippen LogP contribution < -0.4 is 21.7 Å². The fraction of sp³-hybridized carbons (Fsp3) is 0.500. The van der Waals surface area contributed by atoms with Gasteiger partial charge in [-0.25, -0.2) is 15.0 Å². The molecule has 2 aliphatic heterocycles. The molecule has 12 nitrogen and oxygen atoms in total. The van der Waals surface area contributed by atoms with E-state index in [1.54, 1.807) is 0 Å². The third-order valence-electron chi connectivity index (χ3n) is 6.24. The molecule has 7 N–H and O–H groups in total. The van der Waals surface area contributed by atoms with Gasteiger partial charge in [0.15, 0.2) is 11.9 Å². The number of H-pyrrole nitrogens is 2. The van der Waals surface area contributed by atoms with Crippen LogP contribution >= 0.6 is 0 Å². The third-order valence-corrected chi connectivity index (χ3v) is 6.24. The minimum atomic E-state index is -0.242. The molecule has 2 atom stereocenters. The number of aliphatic imine (C=N–C) groups is 4. The zero-order valence-electron chi connectivity index (χ0n) is 21.8. The Bertz CT molecular complexity index is 1150. The fourth-order valence-corrected chi connectivity index (χ4v) is 4.19. The van der Waals surface area contributed by atoms with Crippen LogP contribution in [-0.4, -0.2) is 89.7 Å². The van der Waals surface area contributed by atoms with Crippen LogP contribution in [0.3, 0.4) is 0 Å². The molecule has 2 unspecified atom stereocenters. The first-order valence-corrected chi connectivity index (χ1v) is 12.3. The second-order valence-corrected chi connectivity index (χ2v) is 9.32. The number of aromatic nitrogens is 2. The maximum Gasteiger partial charge on any atom is 0.203 e. The monoisotopic (exact) mass is 494 g/mol. The molecule has 0 aromatic carbocycles. The zero-order chi connectivity index (χ0) is 25.7. The molecule has 12 heteroatoms. The van der Waals surface area contributed by atoms with E-state index in [2.05, 4.69) is 55.7 Å². The number of aryl methyl sites for hydroxylation is 2. The topological polar surface area (TPSA) is 150 Å². The van der Waals surface area contributed by atoms with Gasteiger partial charge in [0.2, 0.25) is 11.9 Å². The minimum absolute atomic E-state index is 0.233. The summed E-state index contributed by atoms with van der Waals surface area (Å²) in [5.41, 5.74) is 11.0. The lowest BCUT2D eigenvalue weighted by Crippen LogP contribution is -2.59. The van der Waals surface area contributed by atoms with Crippen molar-refractivity contribution >= 4 is 23.8 Å². The Hall–Kier alpha value is -3.96. The van der Waals surface area contributed by atoms with Gasteiger partial charge in [0, 0.05) is 51.5 Å². The van der Waals surface area contributed by atoms with Gasteiger partial charge in [-0.3, -0.25) is 15.6 Å². The predicted molar refractivity (Wildman–Crippen MR) is 145 cm³/mol. The van der Waals surface area contributed by atoms with Crippen molar-refractivity contribution in [3.63, 3.8) is 0 Å². The van der Waals surface area contributed by atoms with E-state index in [-0.39, 0.29) is 12.3 Å². The molecule has 2 aliphatic rings. The average molecular weight is 495 g/mol. The highest BCUT2D eigenvalue weighted by Gasteiger charge is 2.25. The standard InChI is InChI=1S/C24H38N12/c1-15-12-26-13-19(15)8-11-36(24-30-17(3)29-21(25)33-24)14-20-31-22(34-23(32-20)35(4)5)28-10-7-18-6-9-27-16(18)2/h6,9,12-13,17,20,26-27H,7-8,10-11,14H2,1-5H3,(H3,25,29,30,33)(H2,28,31,32,34). The number of hydrogen-bond acceptors (Lipinski definition) is 8. The smallest absolute Gasteiger partial charge is 0.203 e. The number of hydrogen-bond donors (Lipinski definition) is 6. The molecule has 0 radical (unpaired) electrons. The first kappa shape index (κ1) is 25.1. The lowest BCUT2D eigenvalue weighted by Gasteiger charge is -2.34. The van der Waals surface area contributed by atoms with Crippen molar-refractivity contribution in [3.8, 4) is 0 Å². The van der Waals surface area contributed by atoms with Crippen LogP contribution in [0.25, 0.3) is 0 Å². The Morgan fingerprint density at radius 3 is 2.53 bits per heavy atom. The molecule has 0 saturated carbocycles. The highest BCUT2D eigenvalue weighted by atomic mass is 15.4. The van der Waals surface area contributed by atoms with Crippen molar-refractivity contribution in [2.45, 2.75) is 45.9 Å². The van der Waals surface area contributed by atoms with Crippen LogP contribution in [0.15, 0.2) is 44.6 Å². The molecular weight excluding hydrogens is 456 g/mol. The van der Waals surface area contributed by atoms with E-state index in [9.17, 15) is 0 Å². The fourth-order valence-electron chi connectivity index (χ4n) is 4.19. The quantitative estimate of drug-likeness (QED) is 0.314. The van der Waals surface area contributed by atoms with Crippen LogP contribution in [0, 0.1) is 13.8 Å². The normalized spacial score (nSPS) is 20.6. The van der Waals surface area contributed by atoms with Crippen LogP contribution in [0.1, 0.15) is 29.3 Å². The Morgan fingerprint density at radius 2 is 1.86 bits per heavy atom. The third kappa shape index (κ3) is 6.37. The van der Waals surface area contributed by atoms with E-state index in [0.29, 0.717) is 31.0 Å². The maximum atomic E-state index is 6.04. The van der Waals surface area contributed by atoms with E-state index in [0.717, 1.165) is 25.3 Å². The highest BCUT2D eigenvalue weighted by molar-refractivity contribution is 6.01.